The first kappa shape index (κ1) is 17.7. The van der Waals surface area contributed by atoms with Gasteiger partial charge >= 0.3 is 0 Å². The number of nitrogens with one attached hydrogen (secondary N) is 2. The van der Waals surface area contributed by atoms with Gasteiger partial charge in [-0.3, -0.25) is 4.79 Å². The number of nitrogens with zero attached hydrogens (tertiary/aromatic N) is 5. The van der Waals surface area contributed by atoms with Gasteiger partial charge in [-0.1, -0.05) is 17.3 Å². The maximum absolute atomic E-state index is 12.7. The fraction of sp³-hybridized carbons (Fsp3) is 0.474. The van der Waals surface area contributed by atoms with Crippen LogP contribution in [-0.2, 0) is 6.54 Å². The Morgan fingerprint density at radius 3 is 2.89 bits per heavy atom. The molecule has 0 spiro atoms. The average molecular weight is 367 g/mol. The average Bonchev–Trinajstić information content (AvgIpc) is 3.33. The molecular formula is C19H25N7O. The van der Waals surface area contributed by atoms with Crippen LogP contribution in [0.25, 0.3) is 11.0 Å². The molecule has 2 aromatic heterocycles. The highest BCUT2D eigenvalue weighted by Crippen LogP contribution is 2.21. The van der Waals surface area contributed by atoms with Crippen molar-refractivity contribution in [1.29, 1.82) is 0 Å². The number of hydrogen-bond donors (Lipinski definition) is 2. The fourth-order valence-electron chi connectivity index (χ4n) is 3.72. The topological polar surface area (TPSA) is 89.7 Å². The minimum atomic E-state index is -0.228. The lowest BCUT2D eigenvalue weighted by atomic mass is 10.1. The van der Waals surface area contributed by atoms with Crippen LogP contribution in [-0.4, -0.2) is 43.5 Å². The molecule has 1 saturated heterocycles. The Bertz CT molecular complexity index is 939. The predicted molar refractivity (Wildman–Crippen MR) is 102 cm³/mol. The Labute approximate surface area is 158 Å². The molecule has 1 aliphatic rings. The molecule has 0 saturated carbocycles. The van der Waals surface area contributed by atoms with Gasteiger partial charge in [0.25, 0.3) is 5.91 Å². The van der Waals surface area contributed by atoms with Gasteiger partial charge in [0, 0.05) is 6.54 Å². The predicted octanol–water partition coefficient (Wildman–Crippen LogP) is 2.06. The number of piperidine rings is 1. The van der Waals surface area contributed by atoms with E-state index >= 15 is 0 Å². The number of hydrogen-bond acceptors (Lipinski definition) is 5. The van der Waals surface area contributed by atoms with Crippen molar-refractivity contribution in [2.45, 2.75) is 45.3 Å². The van der Waals surface area contributed by atoms with E-state index in [1.54, 1.807) is 6.20 Å². The zero-order chi connectivity index (χ0) is 18.8. The van der Waals surface area contributed by atoms with E-state index in [1.807, 2.05) is 29.8 Å². The molecule has 4 rings (SSSR count). The Morgan fingerprint density at radius 2 is 2.11 bits per heavy atom. The minimum Gasteiger partial charge on any atom is -0.341 e. The summed E-state index contributed by atoms with van der Waals surface area (Å²) < 4.78 is 3.95. The van der Waals surface area contributed by atoms with Gasteiger partial charge in [-0.2, -0.15) is 0 Å². The molecule has 1 aromatic carbocycles. The van der Waals surface area contributed by atoms with Crippen molar-refractivity contribution in [1.82, 2.24) is 35.2 Å². The van der Waals surface area contributed by atoms with Crippen molar-refractivity contribution in [2.24, 2.45) is 0 Å². The number of para-hydroxylation sites is 2. The lowest BCUT2D eigenvalue weighted by Gasteiger charge is -2.22. The monoisotopic (exact) mass is 367 g/mol. The van der Waals surface area contributed by atoms with E-state index in [9.17, 15) is 4.79 Å². The van der Waals surface area contributed by atoms with Gasteiger partial charge in [0.05, 0.1) is 29.3 Å². The number of aromatic nitrogens is 5. The van der Waals surface area contributed by atoms with Crippen LogP contribution in [0.2, 0.25) is 0 Å². The SMILES string of the molecule is CCn1c(C(C)NC(=O)c2cn(C3CCNCC3)nn2)nc2ccccc21. The Balaban J connectivity index is 1.50. The third kappa shape index (κ3) is 3.44. The van der Waals surface area contributed by atoms with Crippen molar-refractivity contribution in [3.63, 3.8) is 0 Å². The summed E-state index contributed by atoms with van der Waals surface area (Å²) in [5.41, 5.74) is 2.36. The second-order valence-corrected chi connectivity index (χ2v) is 6.96. The summed E-state index contributed by atoms with van der Waals surface area (Å²) in [5, 5.41) is 14.6. The van der Waals surface area contributed by atoms with E-state index in [4.69, 9.17) is 4.98 Å². The molecule has 3 heterocycles. The molecule has 1 atom stereocenters. The summed E-state index contributed by atoms with van der Waals surface area (Å²) >= 11 is 0. The lowest BCUT2D eigenvalue weighted by Crippen LogP contribution is -2.30. The molecule has 1 amide bonds. The van der Waals surface area contributed by atoms with Crippen LogP contribution >= 0.6 is 0 Å². The summed E-state index contributed by atoms with van der Waals surface area (Å²) in [4.78, 5) is 17.4. The first-order chi connectivity index (χ1) is 13.2. The third-order valence-electron chi connectivity index (χ3n) is 5.16. The van der Waals surface area contributed by atoms with E-state index < -0.39 is 0 Å². The number of carbonyl (C=O) groups is 1. The fourth-order valence-corrected chi connectivity index (χ4v) is 3.72. The Morgan fingerprint density at radius 1 is 1.33 bits per heavy atom. The quantitative estimate of drug-likeness (QED) is 0.720. The summed E-state index contributed by atoms with van der Waals surface area (Å²) in [6, 6.07) is 8.10. The molecule has 8 nitrogen and oxygen atoms in total. The zero-order valence-corrected chi connectivity index (χ0v) is 15.7. The summed E-state index contributed by atoms with van der Waals surface area (Å²) in [5.74, 6) is 0.621. The van der Waals surface area contributed by atoms with Crippen molar-refractivity contribution in [2.75, 3.05) is 13.1 Å². The molecule has 0 radical (unpaired) electrons. The number of fused-ring (bicyclic) bond motifs is 1. The van der Waals surface area contributed by atoms with Gasteiger partial charge < -0.3 is 15.2 Å². The Kier molecular flexibility index (Phi) is 4.89. The van der Waals surface area contributed by atoms with Gasteiger partial charge in [0.15, 0.2) is 5.69 Å². The van der Waals surface area contributed by atoms with Crippen molar-refractivity contribution in [3.8, 4) is 0 Å². The molecular weight excluding hydrogens is 342 g/mol. The van der Waals surface area contributed by atoms with Gasteiger partial charge in [0.2, 0.25) is 0 Å². The van der Waals surface area contributed by atoms with Crippen LogP contribution in [0.5, 0.6) is 0 Å². The maximum Gasteiger partial charge on any atom is 0.274 e. The van der Waals surface area contributed by atoms with Gasteiger partial charge in [0.1, 0.15) is 5.82 Å². The van der Waals surface area contributed by atoms with Crippen LogP contribution in [0.3, 0.4) is 0 Å². The summed E-state index contributed by atoms with van der Waals surface area (Å²) in [6.07, 6.45) is 3.75. The normalized spacial score (nSPS) is 16.5. The number of rotatable bonds is 5. The standard InChI is InChI=1S/C19H25N7O/c1-3-25-17-7-5-4-6-15(17)22-18(25)13(2)21-19(27)16-12-26(24-23-16)14-8-10-20-11-9-14/h4-7,12-14,20H,3,8-11H2,1-2H3,(H,21,27). The lowest BCUT2D eigenvalue weighted by molar-refractivity contribution is 0.0932. The maximum atomic E-state index is 12.7. The van der Waals surface area contributed by atoms with Crippen molar-refractivity contribution in [3.05, 3.63) is 42.0 Å². The van der Waals surface area contributed by atoms with Crippen LogP contribution in [0, 0.1) is 0 Å². The molecule has 27 heavy (non-hydrogen) atoms. The highest BCUT2D eigenvalue weighted by Gasteiger charge is 2.22. The van der Waals surface area contributed by atoms with Crippen LogP contribution in [0.15, 0.2) is 30.5 Å². The minimum absolute atomic E-state index is 0.225. The molecule has 2 N–H and O–H groups in total. The van der Waals surface area contributed by atoms with Gasteiger partial charge in [-0.05, 0) is 51.9 Å². The molecule has 0 bridgehead atoms. The second-order valence-electron chi connectivity index (χ2n) is 6.96. The van der Waals surface area contributed by atoms with Crippen molar-refractivity contribution < 1.29 is 4.79 Å². The number of imidazole rings is 1. The number of aryl methyl sites for hydroxylation is 1. The molecule has 1 fully saturated rings. The van der Waals surface area contributed by atoms with Gasteiger partial charge in [-0.25, -0.2) is 9.67 Å². The van der Waals surface area contributed by atoms with Crippen molar-refractivity contribution >= 4 is 16.9 Å². The van der Waals surface area contributed by atoms with E-state index in [1.165, 1.54) is 0 Å². The van der Waals surface area contributed by atoms with E-state index in [-0.39, 0.29) is 11.9 Å². The van der Waals surface area contributed by atoms with Crippen LogP contribution in [0.4, 0.5) is 0 Å². The molecule has 0 aliphatic carbocycles. The number of carbonyl (C=O) groups excluding carboxylic acids is 1. The summed E-state index contributed by atoms with van der Waals surface area (Å²) in [7, 11) is 0. The third-order valence-corrected chi connectivity index (χ3v) is 5.16. The summed E-state index contributed by atoms with van der Waals surface area (Å²) in [6.45, 7) is 6.76. The van der Waals surface area contributed by atoms with Gasteiger partial charge in [-0.15, -0.1) is 5.10 Å². The van der Waals surface area contributed by atoms with E-state index in [2.05, 4.69) is 38.5 Å². The zero-order valence-electron chi connectivity index (χ0n) is 15.7. The first-order valence-electron chi connectivity index (χ1n) is 9.56. The number of benzene rings is 1. The first-order valence-corrected chi connectivity index (χ1v) is 9.56. The second kappa shape index (κ2) is 7.48. The van der Waals surface area contributed by atoms with E-state index in [0.717, 1.165) is 49.3 Å². The largest absolute Gasteiger partial charge is 0.341 e. The molecule has 142 valence electrons. The molecule has 3 aromatic rings. The van der Waals surface area contributed by atoms with Crippen LogP contribution < -0.4 is 10.6 Å². The van der Waals surface area contributed by atoms with Crippen LogP contribution in [0.1, 0.15) is 55.1 Å². The highest BCUT2D eigenvalue weighted by atomic mass is 16.2. The molecule has 1 unspecified atom stereocenters. The van der Waals surface area contributed by atoms with E-state index in [0.29, 0.717) is 11.7 Å². The smallest absolute Gasteiger partial charge is 0.274 e. The Hall–Kier alpha value is -2.74. The number of amides is 1. The molecule has 1 aliphatic heterocycles. The highest BCUT2D eigenvalue weighted by molar-refractivity contribution is 5.92. The molecule has 8 heteroatoms.